The van der Waals surface area contributed by atoms with Crippen LogP contribution in [0.25, 0.3) is 0 Å². The Labute approximate surface area is 154 Å². The number of hydrogen-bond acceptors (Lipinski definition) is 4. The summed E-state index contributed by atoms with van der Waals surface area (Å²) >= 11 is 0. The van der Waals surface area contributed by atoms with Gasteiger partial charge in [-0.05, 0) is 56.7 Å². The van der Waals surface area contributed by atoms with E-state index in [4.69, 9.17) is 14.2 Å². The molecule has 1 aliphatic heterocycles. The van der Waals surface area contributed by atoms with Crippen molar-refractivity contribution in [2.24, 2.45) is 0 Å². The first-order valence-corrected chi connectivity index (χ1v) is 8.72. The summed E-state index contributed by atoms with van der Waals surface area (Å²) in [5.74, 6) is 2.03. The van der Waals surface area contributed by atoms with Crippen LogP contribution in [0.3, 0.4) is 0 Å². The van der Waals surface area contributed by atoms with E-state index in [9.17, 15) is 4.79 Å². The number of aryl methyl sites for hydroxylation is 1. The van der Waals surface area contributed by atoms with Crippen molar-refractivity contribution in [2.75, 3.05) is 13.7 Å². The molecule has 0 unspecified atom stereocenters. The predicted molar refractivity (Wildman–Crippen MR) is 99.9 cm³/mol. The standard InChI is InChI=1S/C21H25NO4/c1-14-6-5-7-16(10-14)25-13-20(23)22-18-12-21(2,3)26-19-9-8-15(24-4)11-17(18)19/h5-11,18H,12-13H2,1-4H3,(H,22,23)/t18-/m0/s1. The Morgan fingerprint density at radius 2 is 2.04 bits per heavy atom. The summed E-state index contributed by atoms with van der Waals surface area (Å²) in [5.41, 5.74) is 1.65. The number of ether oxygens (including phenoxy) is 3. The van der Waals surface area contributed by atoms with Crippen molar-refractivity contribution < 1.29 is 19.0 Å². The number of carbonyl (C=O) groups is 1. The van der Waals surface area contributed by atoms with Crippen molar-refractivity contribution in [1.82, 2.24) is 5.32 Å². The van der Waals surface area contributed by atoms with E-state index in [-0.39, 0.29) is 24.2 Å². The van der Waals surface area contributed by atoms with Gasteiger partial charge >= 0.3 is 0 Å². The molecule has 1 aliphatic rings. The Bertz CT molecular complexity index is 800. The molecule has 2 aromatic carbocycles. The zero-order valence-corrected chi connectivity index (χ0v) is 15.7. The van der Waals surface area contributed by atoms with E-state index >= 15 is 0 Å². The van der Waals surface area contributed by atoms with E-state index in [0.29, 0.717) is 12.2 Å². The highest BCUT2D eigenvalue weighted by atomic mass is 16.5. The van der Waals surface area contributed by atoms with Crippen molar-refractivity contribution in [3.8, 4) is 17.2 Å². The first-order valence-electron chi connectivity index (χ1n) is 8.72. The zero-order chi connectivity index (χ0) is 18.7. The average Bonchev–Trinajstić information content (AvgIpc) is 2.59. The van der Waals surface area contributed by atoms with Crippen LogP contribution >= 0.6 is 0 Å². The maximum atomic E-state index is 12.4. The molecule has 3 rings (SSSR count). The average molecular weight is 355 g/mol. The maximum absolute atomic E-state index is 12.4. The lowest BCUT2D eigenvalue weighted by molar-refractivity contribution is -0.124. The quantitative estimate of drug-likeness (QED) is 0.886. The summed E-state index contributed by atoms with van der Waals surface area (Å²) in [5, 5.41) is 3.07. The van der Waals surface area contributed by atoms with Gasteiger partial charge in [0.15, 0.2) is 6.61 Å². The molecule has 5 heteroatoms. The highest BCUT2D eigenvalue weighted by Gasteiger charge is 2.34. The van der Waals surface area contributed by atoms with Crippen LogP contribution in [0.1, 0.15) is 37.4 Å². The predicted octanol–water partition coefficient (Wildman–Crippen LogP) is 3.80. The number of rotatable bonds is 5. The molecule has 0 bridgehead atoms. The Morgan fingerprint density at radius 3 is 2.77 bits per heavy atom. The summed E-state index contributed by atoms with van der Waals surface area (Å²) in [6.45, 7) is 5.99. The van der Waals surface area contributed by atoms with E-state index in [1.807, 2.05) is 63.2 Å². The molecule has 1 heterocycles. The molecule has 0 radical (unpaired) electrons. The maximum Gasteiger partial charge on any atom is 0.258 e. The molecule has 138 valence electrons. The lowest BCUT2D eigenvalue weighted by atomic mass is 9.89. The van der Waals surface area contributed by atoms with Crippen molar-refractivity contribution >= 4 is 5.91 Å². The number of amides is 1. The van der Waals surface area contributed by atoms with Gasteiger partial charge in [-0.2, -0.15) is 0 Å². The molecule has 0 aliphatic carbocycles. The fraction of sp³-hybridized carbons (Fsp3) is 0.381. The molecule has 5 nitrogen and oxygen atoms in total. The van der Waals surface area contributed by atoms with Crippen molar-refractivity contribution in [3.05, 3.63) is 53.6 Å². The summed E-state index contributed by atoms with van der Waals surface area (Å²) in [7, 11) is 1.62. The number of benzene rings is 2. The van der Waals surface area contributed by atoms with Crippen LogP contribution in [0.15, 0.2) is 42.5 Å². The van der Waals surface area contributed by atoms with E-state index in [2.05, 4.69) is 5.32 Å². The van der Waals surface area contributed by atoms with Crippen LogP contribution in [-0.2, 0) is 4.79 Å². The number of methoxy groups -OCH3 is 1. The van der Waals surface area contributed by atoms with E-state index in [1.165, 1.54) is 0 Å². The van der Waals surface area contributed by atoms with Crippen LogP contribution in [0.2, 0.25) is 0 Å². The molecule has 26 heavy (non-hydrogen) atoms. The van der Waals surface area contributed by atoms with E-state index in [0.717, 1.165) is 22.6 Å². The molecule has 0 saturated carbocycles. The van der Waals surface area contributed by atoms with Gasteiger partial charge in [-0.25, -0.2) is 0 Å². The zero-order valence-electron chi connectivity index (χ0n) is 15.7. The van der Waals surface area contributed by atoms with Gasteiger partial charge in [0.25, 0.3) is 5.91 Å². The van der Waals surface area contributed by atoms with Gasteiger partial charge in [-0.3, -0.25) is 4.79 Å². The molecule has 0 saturated heterocycles. The number of fused-ring (bicyclic) bond motifs is 1. The fourth-order valence-corrected chi connectivity index (χ4v) is 3.18. The minimum atomic E-state index is -0.364. The second kappa shape index (κ2) is 7.28. The lowest BCUT2D eigenvalue weighted by Gasteiger charge is -2.38. The largest absolute Gasteiger partial charge is 0.497 e. The highest BCUT2D eigenvalue weighted by Crippen LogP contribution is 2.41. The molecule has 1 N–H and O–H groups in total. The van der Waals surface area contributed by atoms with Crippen LogP contribution in [0, 0.1) is 6.92 Å². The van der Waals surface area contributed by atoms with Crippen LogP contribution in [0.4, 0.5) is 0 Å². The van der Waals surface area contributed by atoms with E-state index in [1.54, 1.807) is 7.11 Å². The van der Waals surface area contributed by atoms with Gasteiger partial charge in [0.1, 0.15) is 22.8 Å². The van der Waals surface area contributed by atoms with Gasteiger partial charge < -0.3 is 19.5 Å². The topological polar surface area (TPSA) is 56.8 Å². The molecule has 0 spiro atoms. The monoisotopic (exact) mass is 355 g/mol. The third-order valence-electron chi connectivity index (χ3n) is 4.37. The molecule has 0 fully saturated rings. The molecular weight excluding hydrogens is 330 g/mol. The van der Waals surface area contributed by atoms with Crippen molar-refractivity contribution in [3.63, 3.8) is 0 Å². The number of hydrogen-bond donors (Lipinski definition) is 1. The van der Waals surface area contributed by atoms with Gasteiger partial charge in [0.05, 0.1) is 13.2 Å². The smallest absolute Gasteiger partial charge is 0.258 e. The molecule has 1 amide bonds. The van der Waals surface area contributed by atoms with Gasteiger partial charge in [0.2, 0.25) is 0 Å². The first kappa shape index (κ1) is 18.1. The molecule has 1 atom stereocenters. The third-order valence-corrected chi connectivity index (χ3v) is 4.37. The normalized spacial score (nSPS) is 17.6. The first-order chi connectivity index (χ1) is 12.4. The van der Waals surface area contributed by atoms with Gasteiger partial charge in [0, 0.05) is 12.0 Å². The van der Waals surface area contributed by atoms with Gasteiger partial charge in [-0.15, -0.1) is 0 Å². The van der Waals surface area contributed by atoms with Crippen molar-refractivity contribution in [2.45, 2.75) is 38.8 Å². The minimum absolute atomic E-state index is 0.0272. The Hall–Kier alpha value is -2.69. The van der Waals surface area contributed by atoms with Crippen LogP contribution < -0.4 is 19.5 Å². The summed E-state index contributed by atoms with van der Waals surface area (Å²) in [6.07, 6.45) is 0.670. The Balaban J connectivity index is 1.71. The van der Waals surface area contributed by atoms with Crippen LogP contribution in [-0.4, -0.2) is 25.2 Å². The lowest BCUT2D eigenvalue weighted by Crippen LogP contribution is -2.42. The van der Waals surface area contributed by atoms with Crippen molar-refractivity contribution in [1.29, 1.82) is 0 Å². The summed E-state index contributed by atoms with van der Waals surface area (Å²) < 4.78 is 17.0. The molecule has 0 aromatic heterocycles. The minimum Gasteiger partial charge on any atom is -0.497 e. The molecular formula is C21H25NO4. The summed E-state index contributed by atoms with van der Waals surface area (Å²) in [6, 6.07) is 13.2. The number of carbonyl (C=O) groups excluding carboxylic acids is 1. The highest BCUT2D eigenvalue weighted by molar-refractivity contribution is 5.78. The molecule has 2 aromatic rings. The summed E-state index contributed by atoms with van der Waals surface area (Å²) in [4.78, 5) is 12.4. The SMILES string of the molecule is COc1ccc2c(c1)[C@@H](NC(=O)COc1cccc(C)c1)CC(C)(C)O2. The second-order valence-corrected chi connectivity index (χ2v) is 7.19. The van der Waals surface area contributed by atoms with E-state index < -0.39 is 0 Å². The second-order valence-electron chi connectivity index (χ2n) is 7.19. The van der Waals surface area contributed by atoms with Gasteiger partial charge in [-0.1, -0.05) is 12.1 Å². The Kier molecular flexibility index (Phi) is 5.07. The number of nitrogens with one attached hydrogen (secondary N) is 1. The Morgan fingerprint density at radius 1 is 1.23 bits per heavy atom. The fourth-order valence-electron chi connectivity index (χ4n) is 3.18. The third kappa shape index (κ3) is 4.28. The van der Waals surface area contributed by atoms with Crippen LogP contribution in [0.5, 0.6) is 17.2 Å².